The van der Waals surface area contributed by atoms with Gasteiger partial charge in [-0.05, 0) is 78.6 Å². The average Bonchev–Trinajstić information content (AvgIpc) is 2.60. The number of carbonyl (C=O) groups is 1. The van der Waals surface area contributed by atoms with Crippen LogP contribution in [0.2, 0.25) is 0 Å². The van der Waals surface area contributed by atoms with Gasteiger partial charge in [-0.3, -0.25) is 4.79 Å². The number of aliphatic hydroxyl groups is 1. The van der Waals surface area contributed by atoms with Gasteiger partial charge in [0.05, 0.1) is 16.9 Å². The number of rotatable bonds is 7. The number of benzene rings is 2. The fourth-order valence-corrected chi connectivity index (χ4v) is 4.86. The summed E-state index contributed by atoms with van der Waals surface area (Å²) in [4.78, 5) is 12.7. The third-order valence-corrected chi connectivity index (χ3v) is 6.82. The number of hydrogen-bond donors (Lipinski definition) is 2. The lowest BCUT2D eigenvalue weighted by atomic mass is 9.87. The van der Waals surface area contributed by atoms with Crippen LogP contribution in [0.5, 0.6) is 0 Å². The summed E-state index contributed by atoms with van der Waals surface area (Å²) in [6, 6.07) is 7.32. The number of carbonyl (C=O) groups excluding carboxylic acids is 1. The molecule has 0 radical (unpaired) electrons. The van der Waals surface area contributed by atoms with Crippen LogP contribution in [0.4, 0.5) is 4.39 Å². The number of sulfonamides is 1. The highest BCUT2D eigenvalue weighted by atomic mass is 32.2. The normalized spacial score (nSPS) is 12.5. The minimum Gasteiger partial charge on any atom is -0.386 e. The van der Waals surface area contributed by atoms with Crippen LogP contribution in [-0.4, -0.2) is 19.4 Å². The molecular weight excluding hydrogens is 417 g/mol. The molecule has 0 fully saturated rings. The SMILES string of the molecule is Cc1cc(C(C)(C)O)ccc1S(=O)(=O)NC(=O)Cc1c(C(C)C)cc(F)cc1C(C)C. The zero-order valence-corrected chi connectivity index (χ0v) is 20.0. The Morgan fingerprint density at radius 3 is 2.00 bits per heavy atom. The van der Waals surface area contributed by atoms with Crippen molar-refractivity contribution >= 4 is 15.9 Å². The highest BCUT2D eigenvalue weighted by Crippen LogP contribution is 2.30. The van der Waals surface area contributed by atoms with Crippen LogP contribution in [-0.2, 0) is 26.8 Å². The van der Waals surface area contributed by atoms with Crippen molar-refractivity contribution in [2.24, 2.45) is 0 Å². The standard InChI is InChI=1S/C24H32FNO4S/c1-14(2)19-11-18(25)12-20(15(3)4)21(19)13-23(27)26-31(29,30)22-9-8-17(10-16(22)5)24(6,7)28/h8-12,14-15,28H,13H2,1-7H3,(H,26,27). The average molecular weight is 450 g/mol. The number of nitrogens with one attached hydrogen (secondary N) is 1. The molecule has 5 nitrogen and oxygen atoms in total. The van der Waals surface area contributed by atoms with Gasteiger partial charge in [0.2, 0.25) is 5.91 Å². The molecule has 2 aromatic rings. The maximum atomic E-state index is 14.1. The predicted molar refractivity (Wildman–Crippen MR) is 120 cm³/mol. The summed E-state index contributed by atoms with van der Waals surface area (Å²) in [5.74, 6) is -1.10. The molecule has 0 saturated heterocycles. The Bertz CT molecular complexity index is 1050. The summed E-state index contributed by atoms with van der Waals surface area (Å²) in [6.45, 7) is 12.5. The second-order valence-electron chi connectivity index (χ2n) is 9.12. The minimum atomic E-state index is -4.10. The Morgan fingerprint density at radius 2 is 1.58 bits per heavy atom. The van der Waals surface area contributed by atoms with Gasteiger partial charge in [0.15, 0.2) is 0 Å². The fourth-order valence-electron chi connectivity index (χ4n) is 3.65. The van der Waals surface area contributed by atoms with Crippen molar-refractivity contribution in [3.05, 3.63) is 64.0 Å². The summed E-state index contributed by atoms with van der Waals surface area (Å²) in [5, 5.41) is 10.1. The molecule has 0 saturated carbocycles. The van der Waals surface area contributed by atoms with Crippen molar-refractivity contribution in [3.63, 3.8) is 0 Å². The Morgan fingerprint density at radius 1 is 1.06 bits per heavy atom. The van der Waals surface area contributed by atoms with E-state index < -0.39 is 21.5 Å². The summed E-state index contributed by atoms with van der Waals surface area (Å²) >= 11 is 0. The Balaban J connectivity index is 2.37. The third kappa shape index (κ3) is 5.92. The van der Waals surface area contributed by atoms with E-state index in [0.717, 1.165) is 0 Å². The van der Waals surface area contributed by atoms with Crippen molar-refractivity contribution < 1.29 is 22.7 Å². The molecule has 0 aliphatic rings. The number of amides is 1. The van der Waals surface area contributed by atoms with Crippen molar-refractivity contribution in [2.45, 2.75) is 77.2 Å². The van der Waals surface area contributed by atoms with Crippen LogP contribution in [0.1, 0.15) is 81.2 Å². The minimum absolute atomic E-state index is 0.0239. The molecule has 2 N–H and O–H groups in total. The molecule has 170 valence electrons. The maximum Gasteiger partial charge on any atom is 0.264 e. The Kier molecular flexibility index (Phi) is 7.33. The molecule has 0 aliphatic carbocycles. The van der Waals surface area contributed by atoms with E-state index in [1.54, 1.807) is 26.8 Å². The molecule has 0 bridgehead atoms. The molecule has 2 rings (SSSR count). The summed E-state index contributed by atoms with van der Waals surface area (Å²) in [7, 11) is -4.10. The largest absolute Gasteiger partial charge is 0.386 e. The molecule has 0 heterocycles. The first-order chi connectivity index (χ1) is 14.1. The van der Waals surface area contributed by atoms with Gasteiger partial charge in [0.1, 0.15) is 5.82 Å². The van der Waals surface area contributed by atoms with E-state index in [1.807, 2.05) is 27.7 Å². The van der Waals surface area contributed by atoms with Gasteiger partial charge in [-0.15, -0.1) is 0 Å². The van der Waals surface area contributed by atoms with Crippen molar-refractivity contribution in [1.29, 1.82) is 0 Å². The van der Waals surface area contributed by atoms with Gasteiger partial charge < -0.3 is 5.11 Å². The van der Waals surface area contributed by atoms with Crippen LogP contribution in [0.25, 0.3) is 0 Å². The molecule has 0 unspecified atom stereocenters. The second-order valence-corrected chi connectivity index (χ2v) is 10.8. The molecule has 1 amide bonds. The van der Waals surface area contributed by atoms with Crippen LogP contribution in [0.15, 0.2) is 35.2 Å². The van der Waals surface area contributed by atoms with E-state index >= 15 is 0 Å². The van der Waals surface area contributed by atoms with E-state index in [2.05, 4.69) is 4.72 Å². The molecule has 0 atom stereocenters. The monoisotopic (exact) mass is 449 g/mol. The van der Waals surface area contributed by atoms with Gasteiger partial charge >= 0.3 is 0 Å². The summed E-state index contributed by atoms with van der Waals surface area (Å²) in [5.41, 5.74) is 1.94. The predicted octanol–water partition coefficient (Wildman–Crippen LogP) is 4.66. The number of hydrogen-bond acceptors (Lipinski definition) is 4. The highest BCUT2D eigenvalue weighted by Gasteiger charge is 2.25. The summed E-state index contributed by atoms with van der Waals surface area (Å²) in [6.07, 6.45) is -0.165. The molecule has 0 spiro atoms. The topological polar surface area (TPSA) is 83.5 Å². The van der Waals surface area contributed by atoms with Gasteiger partial charge in [-0.1, -0.05) is 39.8 Å². The molecule has 0 aliphatic heterocycles. The van der Waals surface area contributed by atoms with E-state index in [1.165, 1.54) is 24.3 Å². The van der Waals surface area contributed by atoms with E-state index in [4.69, 9.17) is 0 Å². The van der Waals surface area contributed by atoms with Crippen LogP contribution < -0.4 is 4.72 Å². The van der Waals surface area contributed by atoms with Crippen molar-refractivity contribution in [3.8, 4) is 0 Å². The zero-order valence-electron chi connectivity index (χ0n) is 19.2. The lowest BCUT2D eigenvalue weighted by Gasteiger charge is -2.21. The fraction of sp³-hybridized carbons (Fsp3) is 0.458. The van der Waals surface area contributed by atoms with E-state index in [9.17, 15) is 22.7 Å². The van der Waals surface area contributed by atoms with E-state index in [-0.39, 0.29) is 29.0 Å². The molecule has 0 aromatic heterocycles. The van der Waals surface area contributed by atoms with Gasteiger partial charge in [-0.25, -0.2) is 17.5 Å². The van der Waals surface area contributed by atoms with Gasteiger partial charge in [0, 0.05) is 0 Å². The first-order valence-electron chi connectivity index (χ1n) is 10.3. The van der Waals surface area contributed by atoms with Crippen molar-refractivity contribution in [1.82, 2.24) is 4.72 Å². The Hall–Kier alpha value is -2.25. The van der Waals surface area contributed by atoms with Crippen molar-refractivity contribution in [2.75, 3.05) is 0 Å². The summed E-state index contributed by atoms with van der Waals surface area (Å²) < 4.78 is 42.0. The van der Waals surface area contributed by atoms with E-state index in [0.29, 0.717) is 27.8 Å². The molecule has 31 heavy (non-hydrogen) atoms. The molecule has 2 aromatic carbocycles. The zero-order chi connectivity index (χ0) is 23.7. The first-order valence-corrected chi connectivity index (χ1v) is 11.8. The maximum absolute atomic E-state index is 14.1. The Labute approximate surface area is 184 Å². The smallest absolute Gasteiger partial charge is 0.264 e. The third-order valence-electron chi connectivity index (χ3n) is 5.28. The van der Waals surface area contributed by atoms with Crippen LogP contribution in [0.3, 0.4) is 0 Å². The van der Waals surface area contributed by atoms with Gasteiger partial charge in [0.25, 0.3) is 10.0 Å². The highest BCUT2D eigenvalue weighted by molar-refractivity contribution is 7.90. The first kappa shape index (κ1) is 25.0. The number of halogens is 1. The van der Waals surface area contributed by atoms with Crippen LogP contribution in [0, 0.1) is 12.7 Å². The molecule has 7 heteroatoms. The lowest BCUT2D eigenvalue weighted by Crippen LogP contribution is -2.33. The lowest BCUT2D eigenvalue weighted by molar-refractivity contribution is -0.118. The second kappa shape index (κ2) is 9.09. The van der Waals surface area contributed by atoms with Crippen LogP contribution >= 0.6 is 0 Å². The molecular formula is C24H32FNO4S. The quantitative estimate of drug-likeness (QED) is 0.644. The number of aryl methyl sites for hydroxylation is 1. The van der Waals surface area contributed by atoms with Gasteiger partial charge in [-0.2, -0.15) is 0 Å².